The van der Waals surface area contributed by atoms with Gasteiger partial charge >= 0.3 is 0 Å². The maximum atomic E-state index is 5.65. The zero-order valence-corrected chi connectivity index (χ0v) is 12.0. The van der Waals surface area contributed by atoms with Gasteiger partial charge < -0.3 is 5.73 Å². The van der Waals surface area contributed by atoms with E-state index in [9.17, 15) is 0 Å². The number of hydrogen-bond donors (Lipinski definition) is 1. The normalized spacial score (nSPS) is 10.8. The van der Waals surface area contributed by atoms with E-state index in [1.807, 2.05) is 6.07 Å². The lowest BCUT2D eigenvalue weighted by atomic mass is 10.1. The molecule has 0 bridgehead atoms. The van der Waals surface area contributed by atoms with Gasteiger partial charge in [-0.1, -0.05) is 30.3 Å². The first-order valence-electron chi connectivity index (χ1n) is 6.16. The molecule has 0 spiro atoms. The Morgan fingerprint density at radius 1 is 1.05 bits per heavy atom. The maximum Gasteiger partial charge on any atom is 0.0951 e. The standard InChI is InChI=1S/C15H14N2S2/c16-8-6-13-17-14(12-7-9-18-10-12)15(19-13)11-4-2-1-3-5-11/h1-5,7,9-10H,6,8,16H2. The Bertz CT molecular complexity index is 642. The monoisotopic (exact) mass is 286 g/mol. The van der Waals surface area contributed by atoms with Crippen molar-refractivity contribution >= 4 is 22.7 Å². The predicted octanol–water partition coefficient (Wildman–Crippen LogP) is 4.04. The summed E-state index contributed by atoms with van der Waals surface area (Å²) in [5.74, 6) is 0. The average Bonchev–Trinajstić information content (AvgIpc) is 3.08. The van der Waals surface area contributed by atoms with E-state index in [0.29, 0.717) is 6.54 Å². The van der Waals surface area contributed by atoms with E-state index in [2.05, 4.69) is 41.1 Å². The molecule has 4 heteroatoms. The van der Waals surface area contributed by atoms with Crippen LogP contribution in [0.25, 0.3) is 21.7 Å². The molecule has 0 unspecified atom stereocenters. The second kappa shape index (κ2) is 5.65. The van der Waals surface area contributed by atoms with E-state index in [1.54, 1.807) is 22.7 Å². The molecule has 2 nitrogen and oxygen atoms in total. The molecule has 2 heterocycles. The summed E-state index contributed by atoms with van der Waals surface area (Å²) in [6, 6.07) is 12.6. The quantitative estimate of drug-likeness (QED) is 0.786. The second-order valence-electron chi connectivity index (χ2n) is 4.20. The van der Waals surface area contributed by atoms with Crippen molar-refractivity contribution < 1.29 is 0 Å². The van der Waals surface area contributed by atoms with E-state index >= 15 is 0 Å². The average molecular weight is 286 g/mol. The summed E-state index contributed by atoms with van der Waals surface area (Å²) in [7, 11) is 0. The smallest absolute Gasteiger partial charge is 0.0951 e. The highest BCUT2D eigenvalue weighted by Crippen LogP contribution is 2.37. The summed E-state index contributed by atoms with van der Waals surface area (Å²) in [5.41, 5.74) is 9.15. The molecule has 3 aromatic rings. The van der Waals surface area contributed by atoms with Crippen molar-refractivity contribution in [2.24, 2.45) is 5.73 Å². The number of thiazole rings is 1. The topological polar surface area (TPSA) is 38.9 Å². The van der Waals surface area contributed by atoms with Crippen LogP contribution in [0.1, 0.15) is 5.01 Å². The minimum atomic E-state index is 0.644. The van der Waals surface area contributed by atoms with E-state index in [4.69, 9.17) is 10.7 Å². The van der Waals surface area contributed by atoms with E-state index in [0.717, 1.165) is 17.1 Å². The van der Waals surface area contributed by atoms with Crippen LogP contribution in [0, 0.1) is 0 Å². The SMILES string of the molecule is NCCc1nc(-c2ccsc2)c(-c2ccccc2)s1. The third kappa shape index (κ3) is 2.61. The molecule has 0 aliphatic rings. The van der Waals surface area contributed by atoms with Crippen LogP contribution in [0.2, 0.25) is 0 Å². The van der Waals surface area contributed by atoms with Gasteiger partial charge in [0, 0.05) is 17.4 Å². The number of nitrogens with two attached hydrogens (primary N) is 1. The lowest BCUT2D eigenvalue weighted by Crippen LogP contribution is -2.01. The Balaban J connectivity index is 2.12. The zero-order valence-electron chi connectivity index (χ0n) is 10.4. The zero-order chi connectivity index (χ0) is 13.1. The van der Waals surface area contributed by atoms with Gasteiger partial charge in [0.1, 0.15) is 0 Å². The van der Waals surface area contributed by atoms with Crippen molar-refractivity contribution in [2.45, 2.75) is 6.42 Å². The predicted molar refractivity (Wildman–Crippen MR) is 83.6 cm³/mol. The number of rotatable bonds is 4. The lowest BCUT2D eigenvalue weighted by molar-refractivity contribution is 0.954. The molecule has 2 aromatic heterocycles. The fourth-order valence-electron chi connectivity index (χ4n) is 1.97. The molecule has 3 rings (SSSR count). The summed E-state index contributed by atoms with van der Waals surface area (Å²) in [6.45, 7) is 0.644. The molecule has 0 atom stereocenters. The summed E-state index contributed by atoms with van der Waals surface area (Å²) < 4.78 is 0. The molecule has 1 aromatic carbocycles. The van der Waals surface area contributed by atoms with Crippen molar-refractivity contribution in [3.8, 4) is 21.7 Å². The van der Waals surface area contributed by atoms with E-state index in [1.165, 1.54) is 16.0 Å². The highest BCUT2D eigenvalue weighted by molar-refractivity contribution is 7.15. The largest absolute Gasteiger partial charge is 0.330 e. The molecule has 2 N–H and O–H groups in total. The van der Waals surface area contributed by atoms with Crippen molar-refractivity contribution in [3.63, 3.8) is 0 Å². The summed E-state index contributed by atoms with van der Waals surface area (Å²) in [4.78, 5) is 6.00. The second-order valence-corrected chi connectivity index (χ2v) is 6.07. The number of aromatic nitrogens is 1. The number of thiophene rings is 1. The minimum absolute atomic E-state index is 0.644. The van der Waals surface area contributed by atoms with Gasteiger partial charge in [0.05, 0.1) is 15.6 Å². The number of benzene rings is 1. The van der Waals surface area contributed by atoms with Gasteiger partial charge in [0.25, 0.3) is 0 Å². The Hall–Kier alpha value is -1.49. The van der Waals surface area contributed by atoms with E-state index < -0.39 is 0 Å². The molecule has 0 radical (unpaired) electrons. The first-order valence-corrected chi connectivity index (χ1v) is 7.92. The van der Waals surface area contributed by atoms with Gasteiger partial charge in [0.15, 0.2) is 0 Å². The fraction of sp³-hybridized carbons (Fsp3) is 0.133. The minimum Gasteiger partial charge on any atom is -0.330 e. The Kier molecular flexibility index (Phi) is 3.73. The molecule has 19 heavy (non-hydrogen) atoms. The molecule has 96 valence electrons. The Morgan fingerprint density at radius 3 is 2.58 bits per heavy atom. The molecule has 0 aliphatic heterocycles. The van der Waals surface area contributed by atoms with Crippen molar-refractivity contribution in [1.82, 2.24) is 4.98 Å². The van der Waals surface area contributed by atoms with Crippen LogP contribution in [0.15, 0.2) is 47.2 Å². The highest BCUT2D eigenvalue weighted by atomic mass is 32.1. The lowest BCUT2D eigenvalue weighted by Gasteiger charge is -1.99. The fourth-order valence-corrected chi connectivity index (χ4v) is 3.72. The third-order valence-electron chi connectivity index (χ3n) is 2.86. The maximum absolute atomic E-state index is 5.65. The van der Waals surface area contributed by atoms with Gasteiger partial charge in [0.2, 0.25) is 0 Å². The Labute approximate surface area is 120 Å². The molecular formula is C15H14N2S2. The van der Waals surface area contributed by atoms with Crippen molar-refractivity contribution in [3.05, 3.63) is 52.2 Å². The first-order chi connectivity index (χ1) is 9.38. The molecule has 0 fully saturated rings. The van der Waals surface area contributed by atoms with Gasteiger partial charge in [-0.3, -0.25) is 0 Å². The molecule has 0 amide bonds. The summed E-state index contributed by atoms with van der Waals surface area (Å²) in [5, 5.41) is 5.35. The molecular weight excluding hydrogens is 272 g/mol. The number of nitrogens with zero attached hydrogens (tertiary/aromatic N) is 1. The van der Waals surface area contributed by atoms with Crippen LogP contribution in [-0.2, 0) is 6.42 Å². The number of hydrogen-bond acceptors (Lipinski definition) is 4. The summed E-state index contributed by atoms with van der Waals surface area (Å²) >= 11 is 3.45. The van der Waals surface area contributed by atoms with E-state index in [-0.39, 0.29) is 0 Å². The summed E-state index contributed by atoms with van der Waals surface area (Å²) in [6.07, 6.45) is 0.842. The van der Waals surface area contributed by atoms with Crippen LogP contribution in [-0.4, -0.2) is 11.5 Å². The van der Waals surface area contributed by atoms with Crippen LogP contribution in [0.3, 0.4) is 0 Å². The van der Waals surface area contributed by atoms with Crippen LogP contribution >= 0.6 is 22.7 Å². The van der Waals surface area contributed by atoms with Crippen molar-refractivity contribution in [2.75, 3.05) is 6.54 Å². The van der Waals surface area contributed by atoms with Crippen LogP contribution < -0.4 is 5.73 Å². The van der Waals surface area contributed by atoms with Gasteiger partial charge in [-0.25, -0.2) is 4.98 Å². The van der Waals surface area contributed by atoms with Gasteiger partial charge in [-0.15, -0.1) is 11.3 Å². The first kappa shape index (κ1) is 12.5. The van der Waals surface area contributed by atoms with Gasteiger partial charge in [-0.2, -0.15) is 11.3 Å². The molecule has 0 saturated carbocycles. The Morgan fingerprint density at radius 2 is 1.89 bits per heavy atom. The third-order valence-corrected chi connectivity index (χ3v) is 4.71. The van der Waals surface area contributed by atoms with Crippen LogP contribution in [0.4, 0.5) is 0 Å². The van der Waals surface area contributed by atoms with Crippen molar-refractivity contribution in [1.29, 1.82) is 0 Å². The highest BCUT2D eigenvalue weighted by Gasteiger charge is 2.14. The molecule has 0 aliphatic carbocycles. The van der Waals surface area contributed by atoms with Gasteiger partial charge in [-0.05, 0) is 23.6 Å². The molecule has 0 saturated heterocycles. The van der Waals surface area contributed by atoms with Crippen LogP contribution in [0.5, 0.6) is 0 Å².